The second-order valence-electron chi connectivity index (χ2n) is 5.89. The second kappa shape index (κ2) is 6.85. The number of rotatable bonds is 6. The molecule has 1 N–H and O–H groups in total. The number of aryl methyl sites for hydroxylation is 1. The van der Waals surface area contributed by atoms with Crippen LogP contribution in [0.25, 0.3) is 11.4 Å². The summed E-state index contributed by atoms with van der Waals surface area (Å²) in [5.74, 6) is 2.05. The predicted octanol–water partition coefficient (Wildman–Crippen LogP) is 3.78. The fourth-order valence-electron chi connectivity index (χ4n) is 2.83. The predicted molar refractivity (Wildman–Crippen MR) is 85.2 cm³/mol. The minimum atomic E-state index is 0.218. The molecular weight excluding hydrogens is 262 g/mol. The summed E-state index contributed by atoms with van der Waals surface area (Å²) >= 11 is 0. The SMILES string of the molecule is CCNC(C)C(c1nc(-c2ccccc2C)no1)C(C)C. The number of hydrogen-bond donors (Lipinski definition) is 1. The zero-order valence-corrected chi connectivity index (χ0v) is 13.6. The van der Waals surface area contributed by atoms with E-state index in [2.05, 4.69) is 56.1 Å². The monoisotopic (exact) mass is 287 g/mol. The quantitative estimate of drug-likeness (QED) is 0.878. The highest BCUT2D eigenvalue weighted by molar-refractivity contribution is 5.59. The van der Waals surface area contributed by atoms with Crippen molar-refractivity contribution in [2.45, 2.75) is 46.6 Å². The van der Waals surface area contributed by atoms with Gasteiger partial charge in [0.25, 0.3) is 0 Å². The van der Waals surface area contributed by atoms with Gasteiger partial charge in [0.05, 0.1) is 5.92 Å². The van der Waals surface area contributed by atoms with Crippen molar-refractivity contribution >= 4 is 0 Å². The van der Waals surface area contributed by atoms with Crippen LogP contribution < -0.4 is 5.32 Å². The zero-order valence-electron chi connectivity index (χ0n) is 13.6. The average molecular weight is 287 g/mol. The van der Waals surface area contributed by atoms with Crippen molar-refractivity contribution in [3.63, 3.8) is 0 Å². The van der Waals surface area contributed by atoms with E-state index in [-0.39, 0.29) is 5.92 Å². The van der Waals surface area contributed by atoms with E-state index in [1.165, 1.54) is 0 Å². The number of aromatic nitrogens is 2. The van der Waals surface area contributed by atoms with E-state index in [9.17, 15) is 0 Å². The van der Waals surface area contributed by atoms with Crippen LogP contribution in [0.15, 0.2) is 28.8 Å². The van der Waals surface area contributed by atoms with Crippen LogP contribution in [0, 0.1) is 12.8 Å². The van der Waals surface area contributed by atoms with Crippen LogP contribution in [0.1, 0.15) is 45.1 Å². The third-order valence-corrected chi connectivity index (χ3v) is 3.90. The number of nitrogens with zero attached hydrogens (tertiary/aromatic N) is 2. The molecule has 1 aromatic carbocycles. The first-order valence-corrected chi connectivity index (χ1v) is 7.67. The Morgan fingerprint density at radius 1 is 1.19 bits per heavy atom. The molecule has 0 radical (unpaired) electrons. The summed E-state index contributed by atoms with van der Waals surface area (Å²) in [6.07, 6.45) is 0. The van der Waals surface area contributed by atoms with E-state index >= 15 is 0 Å². The summed E-state index contributed by atoms with van der Waals surface area (Å²) in [7, 11) is 0. The maximum absolute atomic E-state index is 5.56. The van der Waals surface area contributed by atoms with Crippen molar-refractivity contribution in [3.8, 4) is 11.4 Å². The Morgan fingerprint density at radius 2 is 1.90 bits per heavy atom. The standard InChI is InChI=1S/C17H25N3O/c1-6-18-13(5)15(11(2)3)17-19-16(20-21-17)14-10-8-7-9-12(14)4/h7-11,13,15,18H,6H2,1-5H3. The molecule has 2 aromatic rings. The summed E-state index contributed by atoms with van der Waals surface area (Å²) in [4.78, 5) is 4.65. The van der Waals surface area contributed by atoms with Gasteiger partial charge in [-0.1, -0.05) is 50.2 Å². The van der Waals surface area contributed by atoms with Gasteiger partial charge in [0.1, 0.15) is 0 Å². The molecule has 1 heterocycles. The van der Waals surface area contributed by atoms with Crippen molar-refractivity contribution in [1.29, 1.82) is 0 Å². The lowest BCUT2D eigenvalue weighted by molar-refractivity contribution is 0.281. The highest BCUT2D eigenvalue weighted by Crippen LogP contribution is 2.29. The van der Waals surface area contributed by atoms with Crippen LogP contribution in [0.3, 0.4) is 0 Å². The topological polar surface area (TPSA) is 51.0 Å². The largest absolute Gasteiger partial charge is 0.339 e. The van der Waals surface area contributed by atoms with Gasteiger partial charge < -0.3 is 9.84 Å². The molecule has 0 saturated carbocycles. The molecule has 0 fully saturated rings. The lowest BCUT2D eigenvalue weighted by atomic mass is 9.89. The van der Waals surface area contributed by atoms with Crippen LogP contribution in [0.4, 0.5) is 0 Å². The second-order valence-corrected chi connectivity index (χ2v) is 5.89. The summed E-state index contributed by atoms with van der Waals surface area (Å²) in [5, 5.41) is 7.64. The first kappa shape index (κ1) is 15.7. The number of likely N-dealkylation sites (N-methyl/N-ethyl adjacent to an activating group) is 1. The van der Waals surface area contributed by atoms with Crippen molar-refractivity contribution in [2.75, 3.05) is 6.54 Å². The number of benzene rings is 1. The summed E-state index contributed by atoms with van der Waals surface area (Å²) in [6.45, 7) is 11.7. The first-order valence-electron chi connectivity index (χ1n) is 7.67. The molecule has 0 aliphatic carbocycles. The Morgan fingerprint density at radius 3 is 2.52 bits per heavy atom. The first-order chi connectivity index (χ1) is 10.0. The Balaban J connectivity index is 2.31. The van der Waals surface area contributed by atoms with Gasteiger partial charge in [0.2, 0.25) is 11.7 Å². The summed E-state index contributed by atoms with van der Waals surface area (Å²) in [5.41, 5.74) is 2.19. The highest BCUT2D eigenvalue weighted by Gasteiger charge is 2.28. The fraction of sp³-hybridized carbons (Fsp3) is 0.529. The molecular formula is C17H25N3O. The van der Waals surface area contributed by atoms with Crippen molar-refractivity contribution in [3.05, 3.63) is 35.7 Å². The van der Waals surface area contributed by atoms with Gasteiger partial charge in [-0.25, -0.2) is 0 Å². The Hall–Kier alpha value is -1.68. The molecule has 1 aromatic heterocycles. The minimum Gasteiger partial charge on any atom is -0.339 e. The van der Waals surface area contributed by atoms with Crippen LogP contribution >= 0.6 is 0 Å². The molecule has 0 saturated heterocycles. The number of nitrogens with one attached hydrogen (secondary N) is 1. The minimum absolute atomic E-state index is 0.218. The summed E-state index contributed by atoms with van der Waals surface area (Å²) < 4.78 is 5.56. The van der Waals surface area contributed by atoms with Gasteiger partial charge in [0.15, 0.2) is 0 Å². The maximum atomic E-state index is 5.56. The fourth-order valence-corrected chi connectivity index (χ4v) is 2.83. The summed E-state index contributed by atoms with van der Waals surface area (Å²) in [6, 6.07) is 8.42. The van der Waals surface area contributed by atoms with Crippen LogP contribution in [-0.2, 0) is 0 Å². The Kier molecular flexibility index (Phi) is 5.12. The van der Waals surface area contributed by atoms with E-state index in [0.29, 0.717) is 17.8 Å². The van der Waals surface area contributed by atoms with Gasteiger partial charge >= 0.3 is 0 Å². The highest BCUT2D eigenvalue weighted by atomic mass is 16.5. The lowest BCUT2D eigenvalue weighted by Gasteiger charge is -2.24. The van der Waals surface area contributed by atoms with Crippen molar-refractivity contribution < 1.29 is 4.52 Å². The average Bonchev–Trinajstić information content (AvgIpc) is 2.88. The van der Waals surface area contributed by atoms with E-state index < -0.39 is 0 Å². The third kappa shape index (κ3) is 3.50. The molecule has 2 unspecified atom stereocenters. The van der Waals surface area contributed by atoms with Gasteiger partial charge in [-0.2, -0.15) is 4.98 Å². The number of hydrogen-bond acceptors (Lipinski definition) is 4. The van der Waals surface area contributed by atoms with E-state index in [4.69, 9.17) is 4.52 Å². The normalized spacial score (nSPS) is 14.4. The molecule has 2 rings (SSSR count). The van der Waals surface area contributed by atoms with Crippen molar-refractivity contribution in [1.82, 2.24) is 15.5 Å². The molecule has 4 nitrogen and oxygen atoms in total. The molecule has 114 valence electrons. The molecule has 2 atom stereocenters. The van der Waals surface area contributed by atoms with Crippen LogP contribution in [-0.4, -0.2) is 22.7 Å². The molecule has 0 aliphatic heterocycles. The lowest BCUT2D eigenvalue weighted by Crippen LogP contribution is -2.34. The maximum Gasteiger partial charge on any atom is 0.231 e. The molecule has 0 spiro atoms. The molecule has 21 heavy (non-hydrogen) atoms. The van der Waals surface area contributed by atoms with E-state index in [1.807, 2.05) is 18.2 Å². The van der Waals surface area contributed by atoms with Gasteiger partial charge in [-0.05, 0) is 31.9 Å². The van der Waals surface area contributed by atoms with E-state index in [0.717, 1.165) is 23.6 Å². The van der Waals surface area contributed by atoms with Gasteiger partial charge in [0, 0.05) is 11.6 Å². The van der Waals surface area contributed by atoms with Crippen LogP contribution in [0.5, 0.6) is 0 Å². The third-order valence-electron chi connectivity index (χ3n) is 3.90. The Labute approximate surface area is 127 Å². The zero-order chi connectivity index (χ0) is 15.4. The molecule has 4 heteroatoms. The Bertz CT molecular complexity index is 577. The molecule has 0 bridgehead atoms. The smallest absolute Gasteiger partial charge is 0.231 e. The molecule has 0 amide bonds. The van der Waals surface area contributed by atoms with Gasteiger partial charge in [-0.15, -0.1) is 0 Å². The van der Waals surface area contributed by atoms with E-state index in [1.54, 1.807) is 0 Å². The van der Waals surface area contributed by atoms with Crippen molar-refractivity contribution in [2.24, 2.45) is 5.92 Å². The molecule has 0 aliphatic rings. The van der Waals surface area contributed by atoms with Gasteiger partial charge in [-0.3, -0.25) is 0 Å². The van der Waals surface area contributed by atoms with Crippen LogP contribution in [0.2, 0.25) is 0 Å².